The van der Waals surface area contributed by atoms with Gasteiger partial charge in [0.1, 0.15) is 0 Å². The van der Waals surface area contributed by atoms with Crippen molar-refractivity contribution in [3.63, 3.8) is 0 Å². The molecular weight excluding hydrogens is 272 g/mol. The molecule has 0 bridgehead atoms. The molecule has 0 radical (unpaired) electrons. The van der Waals surface area contributed by atoms with Crippen LogP contribution < -0.4 is 0 Å². The molecule has 20 heavy (non-hydrogen) atoms. The lowest BCUT2D eigenvalue weighted by atomic mass is 10.1. The zero-order chi connectivity index (χ0) is 15.3. The van der Waals surface area contributed by atoms with Gasteiger partial charge in [-0.15, -0.1) is 11.3 Å². The van der Waals surface area contributed by atoms with E-state index in [2.05, 4.69) is 6.92 Å². The number of hydrogen-bond acceptors (Lipinski definition) is 4. The molecule has 1 amide bonds. The van der Waals surface area contributed by atoms with Gasteiger partial charge in [-0.25, -0.2) is 0 Å². The van der Waals surface area contributed by atoms with Crippen LogP contribution in [0.3, 0.4) is 0 Å². The number of nitrogens with zero attached hydrogens (tertiary/aromatic N) is 2. The van der Waals surface area contributed by atoms with Gasteiger partial charge in [0.05, 0.1) is 13.1 Å². The normalized spacial score (nSPS) is 10.9. The minimum atomic E-state index is 0.0319. The molecular formula is C15H24N2O2S. The molecule has 0 fully saturated rings. The van der Waals surface area contributed by atoms with Crippen LogP contribution in [0.25, 0.3) is 0 Å². The second kappa shape index (κ2) is 7.55. The number of ketones is 1. The van der Waals surface area contributed by atoms with E-state index in [1.165, 1.54) is 0 Å². The van der Waals surface area contributed by atoms with Crippen molar-refractivity contribution in [1.82, 2.24) is 9.80 Å². The molecule has 0 aliphatic heterocycles. The van der Waals surface area contributed by atoms with Gasteiger partial charge in [-0.05, 0) is 32.9 Å². The number of hydrogen-bond donors (Lipinski definition) is 0. The fourth-order valence-corrected chi connectivity index (χ4v) is 3.00. The van der Waals surface area contributed by atoms with E-state index in [-0.39, 0.29) is 11.7 Å². The first-order valence-electron chi connectivity index (χ1n) is 6.87. The van der Waals surface area contributed by atoms with Gasteiger partial charge in [-0.2, -0.15) is 0 Å². The van der Waals surface area contributed by atoms with Crippen LogP contribution in [0, 0.1) is 13.8 Å². The van der Waals surface area contributed by atoms with Gasteiger partial charge in [0.2, 0.25) is 5.91 Å². The zero-order valence-corrected chi connectivity index (χ0v) is 13.8. The van der Waals surface area contributed by atoms with Crippen LogP contribution in [0.15, 0.2) is 6.07 Å². The Balaban J connectivity index is 2.72. The maximum Gasteiger partial charge on any atom is 0.236 e. The number of amides is 1. The van der Waals surface area contributed by atoms with Gasteiger partial charge in [-0.1, -0.05) is 6.92 Å². The summed E-state index contributed by atoms with van der Waals surface area (Å²) in [5.74, 6) is 0.135. The first-order valence-corrected chi connectivity index (χ1v) is 7.69. The van der Waals surface area contributed by atoms with Gasteiger partial charge >= 0.3 is 0 Å². The Bertz CT molecular complexity index is 480. The summed E-state index contributed by atoms with van der Waals surface area (Å²) in [7, 11) is 3.47. The van der Waals surface area contributed by atoms with E-state index >= 15 is 0 Å². The first-order chi connectivity index (χ1) is 9.35. The van der Waals surface area contributed by atoms with E-state index < -0.39 is 0 Å². The Morgan fingerprint density at radius 2 is 1.85 bits per heavy atom. The molecule has 0 spiro atoms. The minimum Gasteiger partial charge on any atom is -0.348 e. The molecule has 0 aromatic carbocycles. The highest BCUT2D eigenvalue weighted by molar-refractivity contribution is 7.12. The number of thiophene rings is 1. The van der Waals surface area contributed by atoms with Crippen molar-refractivity contribution < 1.29 is 9.59 Å². The highest BCUT2D eigenvalue weighted by Gasteiger charge is 2.18. The van der Waals surface area contributed by atoms with Gasteiger partial charge in [0, 0.05) is 29.4 Å². The third-order valence-electron chi connectivity index (χ3n) is 3.11. The number of aryl methyl sites for hydroxylation is 2. The van der Waals surface area contributed by atoms with Gasteiger partial charge < -0.3 is 4.90 Å². The number of Topliss-reactive ketones (excluding diaryl/α,β-unsaturated/α-hetero) is 1. The molecule has 1 rings (SSSR count). The average molecular weight is 296 g/mol. The smallest absolute Gasteiger partial charge is 0.236 e. The lowest BCUT2D eigenvalue weighted by Gasteiger charge is -2.22. The summed E-state index contributed by atoms with van der Waals surface area (Å²) in [5, 5.41) is 0. The number of likely N-dealkylation sites (N-methyl/N-ethyl adjacent to an activating group) is 1. The van der Waals surface area contributed by atoms with Gasteiger partial charge in [0.25, 0.3) is 0 Å². The van der Waals surface area contributed by atoms with E-state index in [0.29, 0.717) is 13.1 Å². The fraction of sp³-hybridized carbons (Fsp3) is 0.600. The SMILES string of the molecule is CCCN(CC(=O)c1cc(C)sc1C)CC(=O)N(C)C. The van der Waals surface area contributed by atoms with Crippen molar-refractivity contribution in [2.24, 2.45) is 0 Å². The number of carbonyl (C=O) groups is 2. The maximum absolute atomic E-state index is 12.4. The highest BCUT2D eigenvalue weighted by Crippen LogP contribution is 2.21. The highest BCUT2D eigenvalue weighted by atomic mass is 32.1. The minimum absolute atomic E-state index is 0.0319. The van der Waals surface area contributed by atoms with E-state index in [4.69, 9.17) is 0 Å². The molecule has 0 aliphatic rings. The summed E-state index contributed by atoms with van der Waals surface area (Å²) < 4.78 is 0. The lowest BCUT2D eigenvalue weighted by molar-refractivity contribution is -0.129. The van der Waals surface area contributed by atoms with E-state index in [9.17, 15) is 9.59 Å². The Hall–Kier alpha value is -1.20. The van der Waals surface area contributed by atoms with E-state index in [0.717, 1.165) is 28.3 Å². The number of carbonyl (C=O) groups excluding carboxylic acids is 2. The molecule has 0 N–H and O–H groups in total. The molecule has 1 aromatic rings. The molecule has 0 saturated carbocycles. The van der Waals surface area contributed by atoms with E-state index in [1.54, 1.807) is 30.3 Å². The summed E-state index contributed by atoms with van der Waals surface area (Å²) in [5.41, 5.74) is 0.797. The molecule has 112 valence electrons. The van der Waals surface area contributed by atoms with Crippen LogP contribution in [0.4, 0.5) is 0 Å². The van der Waals surface area contributed by atoms with Gasteiger partial charge in [-0.3, -0.25) is 14.5 Å². The van der Waals surface area contributed by atoms with Crippen LogP contribution in [0.5, 0.6) is 0 Å². The predicted molar refractivity (Wildman–Crippen MR) is 83.5 cm³/mol. The second-order valence-electron chi connectivity index (χ2n) is 5.25. The van der Waals surface area contributed by atoms with Crippen molar-refractivity contribution >= 4 is 23.0 Å². The third-order valence-corrected chi connectivity index (χ3v) is 4.07. The van der Waals surface area contributed by atoms with Crippen LogP contribution >= 0.6 is 11.3 Å². The maximum atomic E-state index is 12.4. The van der Waals surface area contributed by atoms with Crippen molar-refractivity contribution in [3.8, 4) is 0 Å². The topological polar surface area (TPSA) is 40.6 Å². The standard InChI is InChI=1S/C15H24N2O2S/c1-6-7-17(10-15(19)16(4)5)9-14(18)13-8-11(2)20-12(13)3/h8H,6-7,9-10H2,1-5H3. The summed E-state index contributed by atoms with van der Waals surface area (Å²) in [4.78, 5) is 29.8. The van der Waals surface area contributed by atoms with Crippen LogP contribution in [0.2, 0.25) is 0 Å². The average Bonchev–Trinajstić information content (AvgIpc) is 2.68. The van der Waals surface area contributed by atoms with E-state index in [1.807, 2.05) is 24.8 Å². The van der Waals surface area contributed by atoms with Crippen LogP contribution in [-0.4, -0.2) is 55.2 Å². The summed E-state index contributed by atoms with van der Waals surface area (Å²) in [6.07, 6.45) is 0.926. The zero-order valence-electron chi connectivity index (χ0n) is 13.0. The molecule has 1 aromatic heterocycles. The van der Waals surface area contributed by atoms with Crippen LogP contribution in [0.1, 0.15) is 33.5 Å². The van der Waals surface area contributed by atoms with Crippen molar-refractivity contribution in [2.45, 2.75) is 27.2 Å². The van der Waals surface area contributed by atoms with Gasteiger partial charge in [0.15, 0.2) is 5.78 Å². The van der Waals surface area contributed by atoms with Crippen molar-refractivity contribution in [3.05, 3.63) is 21.4 Å². The monoisotopic (exact) mass is 296 g/mol. The summed E-state index contributed by atoms with van der Waals surface area (Å²) >= 11 is 1.64. The Labute approximate surface area is 125 Å². The molecule has 0 saturated heterocycles. The summed E-state index contributed by atoms with van der Waals surface area (Å²) in [6.45, 7) is 7.40. The van der Waals surface area contributed by atoms with Crippen molar-refractivity contribution in [2.75, 3.05) is 33.7 Å². The molecule has 0 atom stereocenters. The molecule has 0 unspecified atom stereocenters. The molecule has 4 nitrogen and oxygen atoms in total. The molecule has 0 aliphatic carbocycles. The van der Waals surface area contributed by atoms with Crippen LogP contribution in [-0.2, 0) is 4.79 Å². The largest absolute Gasteiger partial charge is 0.348 e. The Morgan fingerprint density at radius 3 is 2.30 bits per heavy atom. The predicted octanol–water partition coefficient (Wildman–Crippen LogP) is 2.35. The summed E-state index contributed by atoms with van der Waals surface area (Å²) in [6, 6.07) is 1.94. The second-order valence-corrected chi connectivity index (χ2v) is 6.71. The quantitative estimate of drug-likeness (QED) is 0.725. The molecule has 1 heterocycles. The fourth-order valence-electron chi connectivity index (χ4n) is 2.06. The Kier molecular flexibility index (Phi) is 6.36. The third kappa shape index (κ3) is 4.72. The molecule has 5 heteroatoms. The Morgan fingerprint density at radius 1 is 1.20 bits per heavy atom. The first kappa shape index (κ1) is 16.9. The van der Waals surface area contributed by atoms with Crippen molar-refractivity contribution in [1.29, 1.82) is 0 Å². The lowest BCUT2D eigenvalue weighted by Crippen LogP contribution is -2.39. The number of rotatable bonds is 7.